The molecule has 0 saturated heterocycles. The number of hydrogen-bond acceptors (Lipinski definition) is 6. The molecule has 1 amide bonds. The van der Waals surface area contributed by atoms with Crippen molar-refractivity contribution in [2.45, 2.75) is 6.04 Å². The number of amides is 1. The van der Waals surface area contributed by atoms with Crippen molar-refractivity contribution < 1.29 is 23.5 Å². The zero-order valence-electron chi connectivity index (χ0n) is 16.7. The SMILES string of the molecule is COC(=O)c1ccc(OCCNC(=O)C=CC(N=[N+]=[N-])c2cc3ccccc3o2)cc1. The first kappa shape index (κ1) is 21.5. The van der Waals surface area contributed by atoms with Gasteiger partial charge in [0.2, 0.25) is 5.91 Å². The van der Waals surface area contributed by atoms with Crippen molar-refractivity contribution in [1.82, 2.24) is 5.32 Å². The topological polar surface area (TPSA) is 127 Å². The number of azide groups is 1. The molecular formula is C22H20N4O5. The van der Waals surface area contributed by atoms with E-state index in [0.29, 0.717) is 22.7 Å². The molecule has 0 aliphatic rings. The summed E-state index contributed by atoms with van der Waals surface area (Å²) in [5, 5.41) is 7.24. The van der Waals surface area contributed by atoms with E-state index in [9.17, 15) is 9.59 Å². The average Bonchev–Trinajstić information content (AvgIpc) is 3.23. The van der Waals surface area contributed by atoms with Crippen LogP contribution in [0.25, 0.3) is 21.4 Å². The van der Waals surface area contributed by atoms with Gasteiger partial charge in [-0.25, -0.2) is 4.79 Å². The Labute approximate surface area is 177 Å². The van der Waals surface area contributed by atoms with Crippen molar-refractivity contribution in [3.05, 3.63) is 88.5 Å². The van der Waals surface area contributed by atoms with Gasteiger partial charge in [-0.2, -0.15) is 0 Å². The van der Waals surface area contributed by atoms with Gasteiger partial charge in [0.05, 0.1) is 19.2 Å². The molecule has 1 heterocycles. The minimum atomic E-state index is -0.743. The molecule has 9 heteroatoms. The molecule has 1 aromatic heterocycles. The molecule has 9 nitrogen and oxygen atoms in total. The van der Waals surface area contributed by atoms with Crippen LogP contribution in [0.2, 0.25) is 0 Å². The number of nitrogens with zero attached hydrogens (tertiary/aromatic N) is 3. The van der Waals surface area contributed by atoms with Crippen molar-refractivity contribution >= 4 is 22.8 Å². The third kappa shape index (κ3) is 5.88. The van der Waals surface area contributed by atoms with Gasteiger partial charge in [-0.3, -0.25) is 4.79 Å². The molecular weight excluding hydrogens is 400 g/mol. The normalized spacial score (nSPS) is 11.6. The van der Waals surface area contributed by atoms with Crippen LogP contribution < -0.4 is 10.1 Å². The summed E-state index contributed by atoms with van der Waals surface area (Å²) in [6.45, 7) is 0.499. The second-order valence-corrected chi connectivity index (χ2v) is 6.35. The maximum absolute atomic E-state index is 12.0. The Morgan fingerprint density at radius 1 is 1.23 bits per heavy atom. The maximum atomic E-state index is 12.0. The Hall–Kier alpha value is -4.23. The highest BCUT2D eigenvalue weighted by atomic mass is 16.5. The van der Waals surface area contributed by atoms with Crippen molar-refractivity contribution in [3.8, 4) is 5.75 Å². The fourth-order valence-electron chi connectivity index (χ4n) is 2.78. The minimum absolute atomic E-state index is 0.237. The lowest BCUT2D eigenvalue weighted by Gasteiger charge is -2.07. The number of methoxy groups -OCH3 is 1. The van der Waals surface area contributed by atoms with E-state index in [4.69, 9.17) is 14.7 Å². The molecule has 0 aliphatic heterocycles. The molecule has 3 aromatic rings. The molecule has 1 N–H and O–H groups in total. The van der Waals surface area contributed by atoms with Crippen LogP contribution in [0.1, 0.15) is 22.2 Å². The number of carbonyl (C=O) groups is 2. The summed E-state index contributed by atoms with van der Waals surface area (Å²) in [5.74, 6) is 0.221. The van der Waals surface area contributed by atoms with E-state index in [0.717, 1.165) is 5.39 Å². The van der Waals surface area contributed by atoms with Gasteiger partial charge in [0.25, 0.3) is 0 Å². The second-order valence-electron chi connectivity index (χ2n) is 6.35. The van der Waals surface area contributed by atoms with Crippen LogP contribution in [0.4, 0.5) is 0 Å². The number of benzene rings is 2. The zero-order chi connectivity index (χ0) is 22.1. The monoisotopic (exact) mass is 420 g/mol. The number of para-hydroxylation sites is 1. The number of esters is 1. The van der Waals surface area contributed by atoms with Crippen LogP contribution in [0.5, 0.6) is 5.75 Å². The first-order valence-electron chi connectivity index (χ1n) is 9.40. The van der Waals surface area contributed by atoms with Gasteiger partial charge in [-0.15, -0.1) is 0 Å². The summed E-state index contributed by atoms with van der Waals surface area (Å²) < 4.78 is 15.8. The van der Waals surface area contributed by atoms with Crippen LogP contribution in [-0.2, 0) is 9.53 Å². The van der Waals surface area contributed by atoms with Gasteiger partial charge in [0.1, 0.15) is 29.7 Å². The predicted octanol–water partition coefficient (Wildman–Crippen LogP) is 4.32. The number of furan rings is 1. The number of carbonyl (C=O) groups excluding carboxylic acids is 2. The number of rotatable bonds is 9. The lowest BCUT2D eigenvalue weighted by molar-refractivity contribution is -0.116. The third-order valence-electron chi connectivity index (χ3n) is 4.29. The minimum Gasteiger partial charge on any atom is -0.492 e. The number of fused-ring (bicyclic) bond motifs is 1. The van der Waals surface area contributed by atoms with E-state index in [1.807, 2.05) is 24.3 Å². The summed E-state index contributed by atoms with van der Waals surface area (Å²) >= 11 is 0. The molecule has 3 rings (SSSR count). The standard InChI is InChI=1S/C22H20N4O5/c1-29-22(28)15-6-8-17(9-7-15)30-13-12-24-21(27)11-10-18(25-26-23)20-14-16-4-2-3-5-19(16)31-20/h2-11,14,18H,12-13H2,1H3,(H,24,27). The van der Waals surface area contributed by atoms with Crippen LogP contribution in [0.3, 0.4) is 0 Å². The van der Waals surface area contributed by atoms with E-state index >= 15 is 0 Å². The predicted molar refractivity (Wildman–Crippen MR) is 114 cm³/mol. The number of hydrogen-bond donors (Lipinski definition) is 1. The highest BCUT2D eigenvalue weighted by Gasteiger charge is 2.12. The summed E-state index contributed by atoms with van der Waals surface area (Å²) in [5.41, 5.74) is 9.92. The molecule has 0 saturated carbocycles. The van der Waals surface area contributed by atoms with E-state index in [2.05, 4.69) is 20.1 Å². The Bertz CT molecular complexity index is 1100. The first-order chi connectivity index (χ1) is 15.1. The molecule has 31 heavy (non-hydrogen) atoms. The molecule has 0 radical (unpaired) electrons. The highest BCUT2D eigenvalue weighted by molar-refractivity contribution is 5.89. The Kier molecular flexibility index (Phi) is 7.29. The van der Waals surface area contributed by atoms with Crippen molar-refractivity contribution in [2.75, 3.05) is 20.3 Å². The van der Waals surface area contributed by atoms with Crippen LogP contribution in [-0.4, -0.2) is 32.1 Å². The molecule has 0 spiro atoms. The summed E-state index contributed by atoms with van der Waals surface area (Å²) in [7, 11) is 1.31. The van der Waals surface area contributed by atoms with Crippen molar-refractivity contribution in [3.63, 3.8) is 0 Å². The lowest BCUT2D eigenvalue weighted by Crippen LogP contribution is -2.26. The fourth-order valence-corrected chi connectivity index (χ4v) is 2.78. The molecule has 1 atom stereocenters. The van der Waals surface area contributed by atoms with Crippen molar-refractivity contribution in [2.24, 2.45) is 5.11 Å². The van der Waals surface area contributed by atoms with Gasteiger partial charge < -0.3 is 19.2 Å². The van der Waals surface area contributed by atoms with Crippen LogP contribution in [0, 0.1) is 0 Å². The van der Waals surface area contributed by atoms with E-state index < -0.39 is 12.0 Å². The molecule has 158 valence electrons. The van der Waals surface area contributed by atoms with Gasteiger partial charge >= 0.3 is 5.97 Å². The van der Waals surface area contributed by atoms with E-state index in [1.54, 1.807) is 30.3 Å². The summed E-state index contributed by atoms with van der Waals surface area (Å²) in [6, 6.07) is 14.9. The summed E-state index contributed by atoms with van der Waals surface area (Å²) in [6.07, 6.45) is 2.76. The largest absolute Gasteiger partial charge is 0.492 e. The van der Waals surface area contributed by atoms with Crippen LogP contribution in [0.15, 0.2) is 76.3 Å². The highest BCUT2D eigenvalue weighted by Crippen LogP contribution is 2.27. The molecule has 1 unspecified atom stereocenters. The second kappa shape index (κ2) is 10.5. The van der Waals surface area contributed by atoms with E-state index in [-0.39, 0.29) is 19.1 Å². The lowest BCUT2D eigenvalue weighted by atomic mass is 10.2. The van der Waals surface area contributed by atoms with Gasteiger partial charge in [-0.05, 0) is 48.0 Å². The Morgan fingerprint density at radius 3 is 2.71 bits per heavy atom. The smallest absolute Gasteiger partial charge is 0.337 e. The molecule has 0 aliphatic carbocycles. The average molecular weight is 420 g/mol. The first-order valence-corrected chi connectivity index (χ1v) is 9.40. The van der Waals surface area contributed by atoms with Crippen LogP contribution >= 0.6 is 0 Å². The maximum Gasteiger partial charge on any atom is 0.337 e. The van der Waals surface area contributed by atoms with Gasteiger partial charge in [0, 0.05) is 10.3 Å². The number of nitrogens with one attached hydrogen (secondary N) is 1. The van der Waals surface area contributed by atoms with Crippen molar-refractivity contribution in [1.29, 1.82) is 0 Å². The molecule has 0 bridgehead atoms. The van der Waals surface area contributed by atoms with Gasteiger partial charge in [-0.1, -0.05) is 29.4 Å². The fraction of sp³-hybridized carbons (Fsp3) is 0.182. The number of ether oxygens (including phenoxy) is 2. The molecule has 2 aromatic carbocycles. The zero-order valence-corrected chi connectivity index (χ0v) is 16.7. The van der Waals surface area contributed by atoms with Gasteiger partial charge in [0.15, 0.2) is 0 Å². The summed E-state index contributed by atoms with van der Waals surface area (Å²) in [4.78, 5) is 26.3. The Morgan fingerprint density at radius 2 is 2.00 bits per heavy atom. The van der Waals surface area contributed by atoms with E-state index in [1.165, 1.54) is 19.3 Å². The molecule has 0 fully saturated rings. The Balaban J connectivity index is 1.49. The quantitative estimate of drug-likeness (QED) is 0.138. The third-order valence-corrected chi connectivity index (χ3v) is 4.29.